The lowest BCUT2D eigenvalue weighted by atomic mass is 9.95. The Kier molecular flexibility index (Phi) is 7.20. The van der Waals surface area contributed by atoms with E-state index in [1.807, 2.05) is 40.1 Å². The van der Waals surface area contributed by atoms with Gasteiger partial charge in [-0.2, -0.15) is 0 Å². The third-order valence-electron chi connectivity index (χ3n) is 5.30. The van der Waals surface area contributed by atoms with Crippen LogP contribution >= 0.6 is 0 Å². The van der Waals surface area contributed by atoms with Gasteiger partial charge in [-0.3, -0.25) is 9.59 Å². The van der Waals surface area contributed by atoms with Crippen LogP contribution in [0.5, 0.6) is 11.5 Å². The van der Waals surface area contributed by atoms with E-state index in [4.69, 9.17) is 9.47 Å². The maximum Gasteiger partial charge on any atom is 0.295 e. The molecule has 0 radical (unpaired) electrons. The van der Waals surface area contributed by atoms with Crippen molar-refractivity contribution in [2.75, 3.05) is 34.3 Å². The van der Waals surface area contributed by atoms with E-state index in [0.29, 0.717) is 35.7 Å². The highest BCUT2D eigenvalue weighted by atomic mass is 16.5. The Hall–Kier alpha value is -3.32. The summed E-state index contributed by atoms with van der Waals surface area (Å²) in [4.78, 5) is 28.5. The van der Waals surface area contributed by atoms with Crippen LogP contribution in [-0.2, 0) is 9.59 Å². The molecule has 0 bridgehead atoms. The van der Waals surface area contributed by atoms with E-state index in [1.54, 1.807) is 36.4 Å². The summed E-state index contributed by atoms with van der Waals surface area (Å²) in [6.07, 6.45) is 0.0221. The number of hydrogen-bond donors (Lipinski definition) is 1. The van der Waals surface area contributed by atoms with Crippen molar-refractivity contribution in [3.8, 4) is 11.5 Å². The quantitative estimate of drug-likeness (QED) is 0.375. The van der Waals surface area contributed by atoms with Crippen molar-refractivity contribution in [1.82, 2.24) is 4.90 Å². The zero-order valence-electron chi connectivity index (χ0n) is 19.2. The molecule has 2 aromatic carbocycles. The Balaban J connectivity index is 2.07. The average molecular weight is 439 g/mol. The van der Waals surface area contributed by atoms with Gasteiger partial charge in [0.25, 0.3) is 5.91 Å². The van der Waals surface area contributed by atoms with Crippen molar-refractivity contribution < 1.29 is 29.1 Å². The SMILES string of the molecule is COc1ccc(C([O-])=C2C(=O)C(=O)N(CC[NH+](C)C)C2c2ccc(OC(C)C)cc2)cc1. The molecule has 7 nitrogen and oxygen atoms in total. The largest absolute Gasteiger partial charge is 0.872 e. The van der Waals surface area contributed by atoms with Crippen LogP contribution in [0.1, 0.15) is 31.0 Å². The number of carbonyl (C=O) groups is 2. The summed E-state index contributed by atoms with van der Waals surface area (Å²) in [6, 6.07) is 13.0. The Morgan fingerprint density at radius 1 is 1.03 bits per heavy atom. The van der Waals surface area contributed by atoms with E-state index >= 15 is 0 Å². The van der Waals surface area contributed by atoms with Crippen LogP contribution in [0.4, 0.5) is 0 Å². The number of ketones is 1. The molecule has 32 heavy (non-hydrogen) atoms. The highest BCUT2D eigenvalue weighted by Gasteiger charge is 2.44. The van der Waals surface area contributed by atoms with E-state index in [1.165, 1.54) is 12.0 Å². The van der Waals surface area contributed by atoms with Crippen LogP contribution in [-0.4, -0.2) is 57.0 Å². The fourth-order valence-corrected chi connectivity index (χ4v) is 3.69. The third-order valence-corrected chi connectivity index (χ3v) is 5.30. The summed E-state index contributed by atoms with van der Waals surface area (Å²) in [5, 5.41) is 13.4. The van der Waals surface area contributed by atoms with Gasteiger partial charge < -0.3 is 24.4 Å². The molecule has 0 aliphatic carbocycles. The predicted octanol–water partition coefficient (Wildman–Crippen LogP) is 0.851. The highest BCUT2D eigenvalue weighted by Crippen LogP contribution is 2.39. The monoisotopic (exact) mass is 438 g/mol. The first kappa shape index (κ1) is 23.3. The number of likely N-dealkylation sites (tertiary alicyclic amines) is 1. The third kappa shape index (κ3) is 4.94. The first-order valence-electron chi connectivity index (χ1n) is 10.7. The van der Waals surface area contributed by atoms with Gasteiger partial charge in [-0.25, -0.2) is 0 Å². The van der Waals surface area contributed by atoms with Gasteiger partial charge in [-0.05, 0) is 49.2 Å². The number of rotatable bonds is 8. The number of methoxy groups -OCH3 is 1. The molecule has 1 N–H and O–H groups in total. The van der Waals surface area contributed by atoms with Crippen LogP contribution < -0.4 is 19.5 Å². The summed E-state index contributed by atoms with van der Waals surface area (Å²) in [7, 11) is 5.49. The zero-order chi connectivity index (χ0) is 23.4. The molecule has 1 heterocycles. The molecule has 1 saturated heterocycles. The second kappa shape index (κ2) is 9.87. The molecule has 0 saturated carbocycles. The number of nitrogens with zero attached hydrogens (tertiary/aromatic N) is 1. The molecule has 1 aliphatic rings. The minimum absolute atomic E-state index is 0.0218. The first-order chi connectivity index (χ1) is 15.2. The standard InChI is InChI=1S/C25H30N2O5/c1-16(2)32-20-12-6-17(7-13-20)22-21(23(28)18-8-10-19(31-5)11-9-18)24(29)25(30)27(22)15-14-26(3)4/h6-13,16,22,28H,14-15H2,1-5H3. The second-order valence-electron chi connectivity index (χ2n) is 8.39. The fourth-order valence-electron chi connectivity index (χ4n) is 3.69. The molecule has 1 aliphatic heterocycles. The lowest BCUT2D eigenvalue weighted by Crippen LogP contribution is -3.06. The number of Topliss-reactive ketones (excluding diaryl/α,β-unsaturated/α-hetero) is 1. The molecular formula is C25H30N2O5. The van der Waals surface area contributed by atoms with Gasteiger partial charge in [-0.15, -0.1) is 0 Å². The van der Waals surface area contributed by atoms with Crippen LogP contribution in [0.25, 0.3) is 5.76 Å². The van der Waals surface area contributed by atoms with E-state index in [-0.39, 0.29) is 11.7 Å². The van der Waals surface area contributed by atoms with Gasteiger partial charge in [0.15, 0.2) is 0 Å². The molecule has 0 spiro atoms. The Morgan fingerprint density at radius 2 is 1.62 bits per heavy atom. The summed E-state index contributed by atoms with van der Waals surface area (Å²) in [6.45, 7) is 4.88. The number of quaternary nitrogens is 1. The molecule has 170 valence electrons. The van der Waals surface area contributed by atoms with Gasteiger partial charge in [0.2, 0.25) is 5.78 Å². The molecule has 7 heteroatoms. The van der Waals surface area contributed by atoms with Crippen molar-refractivity contribution in [2.24, 2.45) is 0 Å². The fraction of sp³-hybridized carbons (Fsp3) is 0.360. The number of benzene rings is 2. The van der Waals surface area contributed by atoms with Gasteiger partial charge in [0.05, 0.1) is 46.4 Å². The Labute approximate surface area is 188 Å². The molecule has 1 atom stereocenters. The van der Waals surface area contributed by atoms with Crippen molar-refractivity contribution in [2.45, 2.75) is 26.0 Å². The average Bonchev–Trinajstić information content (AvgIpc) is 3.02. The first-order valence-corrected chi connectivity index (χ1v) is 10.7. The van der Waals surface area contributed by atoms with Crippen molar-refractivity contribution >= 4 is 17.4 Å². The molecule has 1 fully saturated rings. The number of carbonyl (C=O) groups excluding carboxylic acids is 2. The Morgan fingerprint density at radius 3 is 2.16 bits per heavy atom. The molecule has 1 unspecified atom stereocenters. The summed E-state index contributed by atoms with van der Waals surface area (Å²) < 4.78 is 10.9. The summed E-state index contributed by atoms with van der Waals surface area (Å²) in [5.41, 5.74) is 1.02. The van der Waals surface area contributed by atoms with Crippen LogP contribution in [0.2, 0.25) is 0 Å². The minimum atomic E-state index is -0.743. The second-order valence-corrected chi connectivity index (χ2v) is 8.39. The van der Waals surface area contributed by atoms with Gasteiger partial charge in [0.1, 0.15) is 11.5 Å². The van der Waals surface area contributed by atoms with Crippen molar-refractivity contribution in [3.63, 3.8) is 0 Å². The molecule has 1 amide bonds. The van der Waals surface area contributed by atoms with Crippen molar-refractivity contribution in [3.05, 3.63) is 65.2 Å². The van der Waals surface area contributed by atoms with E-state index < -0.39 is 23.5 Å². The zero-order valence-corrected chi connectivity index (χ0v) is 19.2. The normalized spacial score (nSPS) is 18.0. The van der Waals surface area contributed by atoms with Gasteiger partial charge in [0, 0.05) is 5.57 Å². The topological polar surface area (TPSA) is 83.3 Å². The van der Waals surface area contributed by atoms with Crippen LogP contribution in [0.15, 0.2) is 54.1 Å². The number of ether oxygens (including phenoxy) is 2. The van der Waals surface area contributed by atoms with E-state index in [9.17, 15) is 14.7 Å². The number of amides is 1. The summed E-state index contributed by atoms with van der Waals surface area (Å²) >= 11 is 0. The van der Waals surface area contributed by atoms with Crippen molar-refractivity contribution in [1.29, 1.82) is 0 Å². The van der Waals surface area contributed by atoms with Gasteiger partial charge in [-0.1, -0.05) is 30.0 Å². The lowest BCUT2D eigenvalue weighted by molar-refractivity contribution is -0.857. The summed E-state index contributed by atoms with van der Waals surface area (Å²) in [5.74, 6) is -0.541. The number of hydrogen-bond acceptors (Lipinski definition) is 5. The Bertz CT molecular complexity index is 994. The molecular weight excluding hydrogens is 408 g/mol. The molecule has 2 aromatic rings. The highest BCUT2D eigenvalue weighted by molar-refractivity contribution is 6.46. The van der Waals surface area contributed by atoms with E-state index in [0.717, 1.165) is 4.90 Å². The number of likely N-dealkylation sites (N-methyl/N-ethyl adjacent to an activating group) is 1. The smallest absolute Gasteiger partial charge is 0.295 e. The van der Waals surface area contributed by atoms with Gasteiger partial charge >= 0.3 is 0 Å². The molecule has 0 aromatic heterocycles. The van der Waals surface area contributed by atoms with E-state index in [2.05, 4.69) is 0 Å². The number of nitrogens with one attached hydrogen (secondary N) is 1. The predicted molar refractivity (Wildman–Crippen MR) is 119 cm³/mol. The lowest BCUT2D eigenvalue weighted by Gasteiger charge is -2.28. The molecule has 3 rings (SSSR count). The maximum atomic E-state index is 13.4. The maximum absolute atomic E-state index is 13.4. The van der Waals surface area contributed by atoms with Crippen LogP contribution in [0.3, 0.4) is 0 Å². The minimum Gasteiger partial charge on any atom is -0.872 e. The van der Waals surface area contributed by atoms with Crippen LogP contribution in [0, 0.1) is 0 Å².